The molecular formula is C55H56N2O3. The van der Waals surface area contributed by atoms with E-state index in [1.165, 1.54) is 16.7 Å². The number of anilines is 6. The lowest BCUT2D eigenvalue weighted by Crippen LogP contribution is -2.22. The fourth-order valence-corrected chi connectivity index (χ4v) is 7.19. The topological polar surface area (TPSA) is 42.0 Å². The summed E-state index contributed by atoms with van der Waals surface area (Å²) in [7, 11) is 0. The quantitative estimate of drug-likeness (QED) is 0.109. The molecule has 5 heteroatoms. The van der Waals surface area contributed by atoms with E-state index in [1.807, 2.05) is 72.8 Å². The molecule has 0 spiro atoms. The second-order valence-corrected chi connectivity index (χ2v) is 17.2. The number of carbonyl (C=O) groups excluding carboxylic acids is 1. The summed E-state index contributed by atoms with van der Waals surface area (Å²) in [4.78, 5) is 17.8. The first kappa shape index (κ1) is 41.6. The highest BCUT2D eigenvalue weighted by molar-refractivity contribution is 6.09. The van der Waals surface area contributed by atoms with Crippen LogP contribution < -0.4 is 19.3 Å². The first-order valence-electron chi connectivity index (χ1n) is 21.0. The van der Waals surface area contributed by atoms with Crippen LogP contribution in [0.1, 0.15) is 88.0 Å². The van der Waals surface area contributed by atoms with E-state index in [2.05, 4.69) is 162 Å². The monoisotopic (exact) mass is 792 g/mol. The lowest BCUT2D eigenvalue weighted by atomic mass is 9.86. The van der Waals surface area contributed by atoms with Crippen molar-refractivity contribution in [1.82, 2.24) is 0 Å². The Morgan fingerprint density at radius 1 is 0.417 bits per heavy atom. The van der Waals surface area contributed by atoms with Crippen LogP contribution in [0.2, 0.25) is 0 Å². The maximum absolute atomic E-state index is 13.2. The molecule has 304 valence electrons. The zero-order valence-electron chi connectivity index (χ0n) is 36.2. The fourth-order valence-electron chi connectivity index (χ4n) is 7.19. The van der Waals surface area contributed by atoms with Gasteiger partial charge in [0.1, 0.15) is 22.8 Å². The minimum atomic E-state index is -0.279. The standard InChI is InChI=1S/C55H56N2O3/c1-9-39-11-21-44(22-12-39)56(48-29-35-51(36-30-48)59-50-33-17-42(18-34-50)53(58)41-15-19-43(20-16-41)54(3,4)5)46-25-27-47(28-26-46)57(45-23-13-40(10-2)14-24-45)49-31-37-52(38-32-49)60-55(6,7)8/h11-38H,9-10H2,1-8H3. The zero-order valence-corrected chi connectivity index (χ0v) is 36.2. The van der Waals surface area contributed by atoms with E-state index in [0.717, 1.165) is 52.7 Å². The first-order chi connectivity index (χ1) is 28.8. The predicted octanol–water partition coefficient (Wildman–Crippen LogP) is 15.2. The molecule has 0 aromatic heterocycles. The summed E-state index contributed by atoms with van der Waals surface area (Å²) in [6.07, 6.45) is 1.96. The smallest absolute Gasteiger partial charge is 0.193 e. The molecule has 0 saturated carbocycles. The minimum Gasteiger partial charge on any atom is -0.488 e. The summed E-state index contributed by atoms with van der Waals surface area (Å²) in [6.45, 7) is 17.1. The summed E-state index contributed by atoms with van der Waals surface area (Å²) in [5, 5.41) is 0. The third-order valence-electron chi connectivity index (χ3n) is 10.6. The molecule has 7 aromatic carbocycles. The van der Waals surface area contributed by atoms with Crippen molar-refractivity contribution >= 4 is 39.9 Å². The molecule has 0 radical (unpaired) electrons. The van der Waals surface area contributed by atoms with Gasteiger partial charge < -0.3 is 19.3 Å². The van der Waals surface area contributed by atoms with E-state index in [-0.39, 0.29) is 16.8 Å². The number of ketones is 1. The number of benzene rings is 7. The normalized spacial score (nSPS) is 11.5. The van der Waals surface area contributed by atoms with Crippen LogP contribution in [0, 0.1) is 0 Å². The van der Waals surface area contributed by atoms with Crippen LogP contribution in [0.4, 0.5) is 34.1 Å². The van der Waals surface area contributed by atoms with E-state index in [9.17, 15) is 4.79 Å². The SMILES string of the molecule is CCc1ccc(N(c2ccc(Oc3ccc(C(=O)c4ccc(C(C)(C)C)cc4)cc3)cc2)c2ccc(N(c3ccc(CC)cc3)c3ccc(OC(C)(C)C)cc3)cc2)cc1. The molecule has 0 amide bonds. The van der Waals surface area contributed by atoms with Crippen LogP contribution >= 0.6 is 0 Å². The Morgan fingerprint density at radius 3 is 1.05 bits per heavy atom. The van der Waals surface area contributed by atoms with Gasteiger partial charge in [0.15, 0.2) is 5.78 Å². The molecule has 0 N–H and O–H groups in total. The van der Waals surface area contributed by atoms with Crippen molar-refractivity contribution in [3.8, 4) is 17.2 Å². The third kappa shape index (κ3) is 9.98. The van der Waals surface area contributed by atoms with Crippen molar-refractivity contribution in [2.75, 3.05) is 9.80 Å². The largest absolute Gasteiger partial charge is 0.488 e. The second-order valence-electron chi connectivity index (χ2n) is 17.2. The highest BCUT2D eigenvalue weighted by atomic mass is 16.5. The Morgan fingerprint density at radius 2 is 0.717 bits per heavy atom. The van der Waals surface area contributed by atoms with E-state index in [4.69, 9.17) is 9.47 Å². The Kier molecular flexibility index (Phi) is 12.3. The van der Waals surface area contributed by atoms with Gasteiger partial charge in [0.25, 0.3) is 0 Å². The van der Waals surface area contributed by atoms with Gasteiger partial charge in [-0.25, -0.2) is 0 Å². The lowest BCUT2D eigenvalue weighted by molar-refractivity contribution is 0.103. The average molecular weight is 793 g/mol. The van der Waals surface area contributed by atoms with Crippen LogP contribution in [-0.2, 0) is 18.3 Å². The van der Waals surface area contributed by atoms with Gasteiger partial charge in [0.2, 0.25) is 0 Å². The Balaban J connectivity index is 1.14. The van der Waals surface area contributed by atoms with Crippen molar-refractivity contribution in [2.45, 2.75) is 79.2 Å². The average Bonchev–Trinajstić information content (AvgIpc) is 3.25. The number of hydrogen-bond acceptors (Lipinski definition) is 5. The summed E-state index contributed by atoms with van der Waals surface area (Å²) in [6, 6.07) is 58.0. The summed E-state index contributed by atoms with van der Waals surface area (Å²) in [5.41, 5.74) is 11.1. The highest BCUT2D eigenvalue weighted by Gasteiger charge is 2.19. The molecule has 0 aliphatic carbocycles. The molecule has 0 fully saturated rings. The summed E-state index contributed by atoms with van der Waals surface area (Å²) < 4.78 is 12.4. The molecule has 7 aromatic rings. The molecule has 0 atom stereocenters. The number of rotatable bonds is 13. The van der Waals surface area contributed by atoms with Gasteiger partial charge in [-0.1, -0.05) is 83.1 Å². The van der Waals surface area contributed by atoms with Crippen LogP contribution in [0.5, 0.6) is 17.2 Å². The van der Waals surface area contributed by atoms with E-state index >= 15 is 0 Å². The van der Waals surface area contributed by atoms with Crippen LogP contribution in [0.15, 0.2) is 170 Å². The fraction of sp³-hybridized carbons (Fsp3) is 0.218. The Hall–Kier alpha value is -6.59. The summed E-state index contributed by atoms with van der Waals surface area (Å²) in [5.74, 6) is 2.20. The van der Waals surface area contributed by atoms with Crippen molar-refractivity contribution in [1.29, 1.82) is 0 Å². The predicted molar refractivity (Wildman–Crippen MR) is 250 cm³/mol. The number of aryl methyl sites for hydroxylation is 2. The molecule has 5 nitrogen and oxygen atoms in total. The molecule has 0 heterocycles. The molecule has 0 aliphatic heterocycles. The van der Waals surface area contributed by atoms with Gasteiger partial charge in [-0.3, -0.25) is 4.79 Å². The van der Waals surface area contributed by atoms with Gasteiger partial charge in [-0.05, 0) is 177 Å². The minimum absolute atomic E-state index is 0.00911. The number of ether oxygens (including phenoxy) is 2. The van der Waals surface area contributed by atoms with E-state index < -0.39 is 0 Å². The number of nitrogens with zero attached hydrogens (tertiary/aromatic N) is 2. The molecule has 0 bridgehead atoms. The number of carbonyl (C=O) groups is 1. The van der Waals surface area contributed by atoms with Gasteiger partial charge in [0.05, 0.1) is 0 Å². The zero-order chi connectivity index (χ0) is 42.4. The maximum atomic E-state index is 13.2. The molecule has 0 unspecified atom stereocenters. The molecular weight excluding hydrogens is 737 g/mol. The van der Waals surface area contributed by atoms with Gasteiger partial charge in [-0.2, -0.15) is 0 Å². The van der Waals surface area contributed by atoms with Crippen molar-refractivity contribution in [3.05, 3.63) is 198 Å². The maximum Gasteiger partial charge on any atom is 0.193 e. The van der Waals surface area contributed by atoms with Crippen LogP contribution in [-0.4, -0.2) is 11.4 Å². The summed E-state index contributed by atoms with van der Waals surface area (Å²) >= 11 is 0. The van der Waals surface area contributed by atoms with Crippen LogP contribution in [0.25, 0.3) is 0 Å². The third-order valence-corrected chi connectivity index (χ3v) is 10.6. The molecule has 0 aliphatic rings. The first-order valence-corrected chi connectivity index (χ1v) is 21.0. The molecule has 60 heavy (non-hydrogen) atoms. The Bertz CT molecular complexity index is 2470. The Labute approximate surface area is 356 Å². The second kappa shape index (κ2) is 17.7. The van der Waals surface area contributed by atoms with Gasteiger partial charge in [-0.15, -0.1) is 0 Å². The van der Waals surface area contributed by atoms with E-state index in [0.29, 0.717) is 22.6 Å². The lowest BCUT2D eigenvalue weighted by Gasteiger charge is -2.29. The van der Waals surface area contributed by atoms with Crippen molar-refractivity contribution < 1.29 is 14.3 Å². The van der Waals surface area contributed by atoms with Gasteiger partial charge >= 0.3 is 0 Å². The number of hydrogen-bond donors (Lipinski definition) is 0. The van der Waals surface area contributed by atoms with E-state index in [1.54, 1.807) is 0 Å². The van der Waals surface area contributed by atoms with Crippen LogP contribution in [0.3, 0.4) is 0 Å². The van der Waals surface area contributed by atoms with Gasteiger partial charge in [0, 0.05) is 45.3 Å². The highest BCUT2D eigenvalue weighted by Crippen LogP contribution is 2.40. The molecule has 7 rings (SSSR count). The van der Waals surface area contributed by atoms with Crippen molar-refractivity contribution in [2.24, 2.45) is 0 Å². The van der Waals surface area contributed by atoms with Crippen molar-refractivity contribution in [3.63, 3.8) is 0 Å². The molecule has 0 saturated heterocycles.